The van der Waals surface area contributed by atoms with Gasteiger partial charge in [0.1, 0.15) is 11.6 Å². The molecule has 0 aromatic carbocycles. The van der Waals surface area contributed by atoms with Crippen molar-refractivity contribution in [3.05, 3.63) is 97.2 Å². The first-order chi connectivity index (χ1) is 17.2. The maximum Gasteiger partial charge on any atom is 0.131 e. The fourth-order valence-electron chi connectivity index (χ4n) is 3.82. The third kappa shape index (κ3) is 4.45. The Labute approximate surface area is 201 Å². The van der Waals surface area contributed by atoms with Crippen LogP contribution in [0.3, 0.4) is 0 Å². The number of hydrogen-bond acceptors (Lipinski definition) is 8. The van der Waals surface area contributed by atoms with Crippen LogP contribution >= 0.6 is 0 Å². The van der Waals surface area contributed by atoms with Crippen molar-refractivity contribution in [3.8, 4) is 11.4 Å². The van der Waals surface area contributed by atoms with E-state index in [0.29, 0.717) is 0 Å². The van der Waals surface area contributed by atoms with E-state index >= 15 is 0 Å². The normalized spacial score (nSPS) is 11.0. The van der Waals surface area contributed by atoms with E-state index in [1.54, 1.807) is 24.8 Å². The minimum absolute atomic E-state index is 0.751. The van der Waals surface area contributed by atoms with Crippen molar-refractivity contribution < 1.29 is 0 Å². The number of fused-ring (bicyclic) bond motifs is 2. The second-order valence-electron chi connectivity index (χ2n) is 8.06. The van der Waals surface area contributed by atoms with Gasteiger partial charge in [-0.2, -0.15) is 0 Å². The van der Waals surface area contributed by atoms with Crippen molar-refractivity contribution in [3.63, 3.8) is 0 Å². The monoisotopic (exact) mass is 456 g/mol. The number of nitrogens with one attached hydrogen (secondary N) is 2. The molecule has 6 aromatic rings. The zero-order valence-corrected chi connectivity index (χ0v) is 18.8. The van der Waals surface area contributed by atoms with Gasteiger partial charge in [0.05, 0.1) is 27.9 Å². The number of rotatable bonds is 5. The van der Waals surface area contributed by atoms with Crippen molar-refractivity contribution in [1.29, 1.82) is 0 Å². The predicted octanol–water partition coefficient (Wildman–Crippen LogP) is 5.83. The van der Waals surface area contributed by atoms with Gasteiger partial charge in [-0.15, -0.1) is 0 Å². The molecule has 6 aromatic heterocycles. The van der Waals surface area contributed by atoms with Crippen LogP contribution in [-0.4, -0.2) is 29.9 Å². The number of pyridine rings is 6. The molecule has 6 heterocycles. The summed E-state index contributed by atoms with van der Waals surface area (Å²) in [6, 6.07) is 21.3. The molecule has 2 N–H and O–H groups in total. The van der Waals surface area contributed by atoms with Crippen LogP contribution in [0.2, 0.25) is 0 Å². The van der Waals surface area contributed by atoms with Crippen molar-refractivity contribution in [2.24, 2.45) is 0 Å². The lowest BCUT2D eigenvalue weighted by molar-refractivity contribution is 1.20. The van der Waals surface area contributed by atoms with Gasteiger partial charge in [-0.1, -0.05) is 0 Å². The van der Waals surface area contributed by atoms with Gasteiger partial charge >= 0.3 is 0 Å². The van der Waals surface area contributed by atoms with Gasteiger partial charge in [-0.05, 0) is 73.7 Å². The zero-order chi connectivity index (χ0) is 23.6. The molecule has 0 saturated heterocycles. The fourth-order valence-corrected chi connectivity index (χ4v) is 3.82. The highest BCUT2D eigenvalue weighted by Gasteiger charge is 2.07. The van der Waals surface area contributed by atoms with E-state index in [1.807, 2.05) is 73.7 Å². The highest BCUT2D eigenvalue weighted by molar-refractivity contribution is 5.81. The van der Waals surface area contributed by atoms with E-state index in [1.165, 1.54) is 0 Å². The van der Waals surface area contributed by atoms with Crippen LogP contribution in [0.4, 0.5) is 23.0 Å². The molecule has 0 aliphatic heterocycles. The largest absolute Gasteiger partial charge is 0.340 e. The third-order valence-corrected chi connectivity index (χ3v) is 5.50. The molecule has 0 atom stereocenters. The minimum atomic E-state index is 0.751. The van der Waals surface area contributed by atoms with E-state index in [0.717, 1.165) is 62.0 Å². The maximum absolute atomic E-state index is 4.78. The molecular formula is C27H20N8. The summed E-state index contributed by atoms with van der Waals surface area (Å²) in [6.07, 6.45) is 7.07. The summed E-state index contributed by atoms with van der Waals surface area (Å²) < 4.78 is 0. The Morgan fingerprint density at radius 2 is 1.29 bits per heavy atom. The lowest BCUT2D eigenvalue weighted by Gasteiger charge is -2.09. The molecule has 8 heteroatoms. The van der Waals surface area contributed by atoms with Gasteiger partial charge in [-0.25, -0.2) is 15.0 Å². The van der Waals surface area contributed by atoms with Crippen LogP contribution in [0.1, 0.15) is 5.69 Å². The SMILES string of the molecule is Cc1cc(Nc2ccc3nc(-c4cc(Nc5ccc6cnccc6n5)ccn4)ccc3n2)ccn1. The summed E-state index contributed by atoms with van der Waals surface area (Å²) in [6.45, 7) is 1.96. The first-order valence-corrected chi connectivity index (χ1v) is 11.1. The first-order valence-electron chi connectivity index (χ1n) is 11.1. The summed E-state index contributed by atoms with van der Waals surface area (Å²) in [5.74, 6) is 1.50. The highest BCUT2D eigenvalue weighted by atomic mass is 15.0. The predicted molar refractivity (Wildman–Crippen MR) is 138 cm³/mol. The molecule has 0 fully saturated rings. The standard InChI is InChI=1S/C27H20N8/c1-17-14-19(8-12-29-17)31-27-7-5-22-23(35-27)3-4-24(33-22)25-15-20(9-13-30-25)32-26-6-2-18-16-28-11-10-21(18)34-26/h2-16H,1H3,(H,29,31,35)(H,30,32,34). The van der Waals surface area contributed by atoms with Crippen LogP contribution in [0.15, 0.2) is 91.5 Å². The molecule has 0 aliphatic rings. The van der Waals surface area contributed by atoms with Crippen molar-refractivity contribution in [1.82, 2.24) is 29.9 Å². The molecule has 8 nitrogen and oxygen atoms in total. The fraction of sp³-hybridized carbons (Fsp3) is 0.0370. The van der Waals surface area contributed by atoms with Crippen LogP contribution in [0.5, 0.6) is 0 Å². The Hall–Kier alpha value is -4.98. The van der Waals surface area contributed by atoms with Gasteiger partial charge in [0.2, 0.25) is 0 Å². The minimum Gasteiger partial charge on any atom is -0.340 e. The molecule has 0 radical (unpaired) electrons. The van der Waals surface area contributed by atoms with Gasteiger partial charge in [0, 0.05) is 47.2 Å². The molecule has 0 aliphatic carbocycles. The Morgan fingerprint density at radius 3 is 2.14 bits per heavy atom. The number of anilines is 4. The van der Waals surface area contributed by atoms with Gasteiger partial charge in [-0.3, -0.25) is 15.0 Å². The van der Waals surface area contributed by atoms with Crippen LogP contribution in [-0.2, 0) is 0 Å². The molecule has 0 bridgehead atoms. The second-order valence-corrected chi connectivity index (χ2v) is 8.06. The van der Waals surface area contributed by atoms with Crippen LogP contribution in [0.25, 0.3) is 33.3 Å². The topological polar surface area (TPSA) is 101 Å². The Bertz CT molecular complexity index is 1680. The summed E-state index contributed by atoms with van der Waals surface area (Å²) in [5.41, 5.74) is 6.78. The molecule has 35 heavy (non-hydrogen) atoms. The Morgan fingerprint density at radius 1 is 0.571 bits per heavy atom. The van der Waals surface area contributed by atoms with E-state index in [-0.39, 0.29) is 0 Å². The van der Waals surface area contributed by atoms with Crippen molar-refractivity contribution in [2.75, 3.05) is 10.6 Å². The lowest BCUT2D eigenvalue weighted by atomic mass is 10.2. The molecule has 0 saturated carbocycles. The average molecular weight is 457 g/mol. The summed E-state index contributed by atoms with van der Waals surface area (Å²) >= 11 is 0. The first kappa shape index (κ1) is 20.6. The molecule has 0 spiro atoms. The van der Waals surface area contributed by atoms with E-state index in [2.05, 4.69) is 30.6 Å². The van der Waals surface area contributed by atoms with Gasteiger partial charge in [0.25, 0.3) is 0 Å². The van der Waals surface area contributed by atoms with Gasteiger partial charge in [0.15, 0.2) is 0 Å². The van der Waals surface area contributed by atoms with Crippen molar-refractivity contribution >= 4 is 44.9 Å². The Kier molecular flexibility index (Phi) is 5.16. The summed E-state index contributed by atoms with van der Waals surface area (Å²) in [4.78, 5) is 27.0. The van der Waals surface area contributed by atoms with E-state index in [4.69, 9.17) is 9.97 Å². The molecule has 168 valence electrons. The quantitative estimate of drug-likeness (QED) is 0.334. The smallest absolute Gasteiger partial charge is 0.131 e. The highest BCUT2D eigenvalue weighted by Crippen LogP contribution is 2.25. The lowest BCUT2D eigenvalue weighted by Crippen LogP contribution is -1.97. The van der Waals surface area contributed by atoms with Crippen LogP contribution in [0, 0.1) is 6.92 Å². The van der Waals surface area contributed by atoms with Gasteiger partial charge < -0.3 is 10.6 Å². The summed E-state index contributed by atoms with van der Waals surface area (Å²) in [7, 11) is 0. The number of nitrogens with zero attached hydrogens (tertiary/aromatic N) is 6. The number of aryl methyl sites for hydroxylation is 1. The van der Waals surface area contributed by atoms with E-state index < -0.39 is 0 Å². The molecule has 6 rings (SSSR count). The van der Waals surface area contributed by atoms with E-state index in [9.17, 15) is 0 Å². The average Bonchev–Trinajstić information content (AvgIpc) is 2.88. The Balaban J connectivity index is 1.25. The molecule has 0 unspecified atom stereocenters. The zero-order valence-electron chi connectivity index (χ0n) is 18.8. The summed E-state index contributed by atoms with van der Waals surface area (Å²) in [5, 5.41) is 7.67. The second kappa shape index (κ2) is 8.75. The number of aromatic nitrogens is 6. The molecule has 0 amide bonds. The molecular weight excluding hydrogens is 436 g/mol. The number of hydrogen-bond donors (Lipinski definition) is 2. The third-order valence-electron chi connectivity index (χ3n) is 5.50. The maximum atomic E-state index is 4.78. The van der Waals surface area contributed by atoms with Crippen molar-refractivity contribution in [2.45, 2.75) is 6.92 Å². The van der Waals surface area contributed by atoms with Crippen LogP contribution < -0.4 is 10.6 Å².